The van der Waals surface area contributed by atoms with Gasteiger partial charge in [-0.1, -0.05) is 0 Å². The van der Waals surface area contributed by atoms with Gasteiger partial charge in [0.1, 0.15) is 11.3 Å². The molecule has 2 aromatic rings. The number of carboxylic acids is 1. The molecule has 0 saturated carbocycles. The SMILES string of the molecule is COc1cc(C)nc(Cn2cc(C(=O)O)c(=O)cc2C)c1. The summed E-state index contributed by atoms with van der Waals surface area (Å²) < 4.78 is 6.88. The minimum atomic E-state index is -1.23. The molecule has 0 bridgehead atoms. The molecule has 0 radical (unpaired) electrons. The van der Waals surface area contributed by atoms with Crippen LogP contribution >= 0.6 is 0 Å². The lowest BCUT2D eigenvalue weighted by molar-refractivity contribution is 0.0694. The van der Waals surface area contributed by atoms with E-state index in [2.05, 4.69) is 4.98 Å². The number of carboxylic acid groups (broad SMARTS) is 1. The number of ether oxygens (including phenoxy) is 1. The maximum atomic E-state index is 11.6. The zero-order valence-electron chi connectivity index (χ0n) is 12.1. The van der Waals surface area contributed by atoms with E-state index in [-0.39, 0.29) is 5.56 Å². The Morgan fingerprint density at radius 1 is 1.33 bits per heavy atom. The first kappa shape index (κ1) is 14.8. The zero-order chi connectivity index (χ0) is 15.6. The van der Waals surface area contributed by atoms with Gasteiger partial charge in [-0.2, -0.15) is 0 Å². The second kappa shape index (κ2) is 5.78. The number of pyridine rings is 2. The number of hydrogen-bond donors (Lipinski definition) is 1. The number of aromatic carboxylic acids is 1. The van der Waals surface area contributed by atoms with E-state index in [1.807, 2.05) is 13.0 Å². The van der Waals surface area contributed by atoms with Crippen LogP contribution in [0.3, 0.4) is 0 Å². The summed E-state index contributed by atoms with van der Waals surface area (Å²) >= 11 is 0. The molecule has 0 aliphatic heterocycles. The van der Waals surface area contributed by atoms with Crippen molar-refractivity contribution in [3.63, 3.8) is 0 Å². The Hall–Kier alpha value is -2.63. The molecular formula is C15H16N2O4. The quantitative estimate of drug-likeness (QED) is 0.924. The summed E-state index contributed by atoms with van der Waals surface area (Å²) in [6.45, 7) is 3.97. The van der Waals surface area contributed by atoms with Crippen LogP contribution in [0.5, 0.6) is 5.75 Å². The highest BCUT2D eigenvalue weighted by atomic mass is 16.5. The Balaban J connectivity index is 2.44. The molecule has 0 unspecified atom stereocenters. The molecule has 21 heavy (non-hydrogen) atoms. The summed E-state index contributed by atoms with van der Waals surface area (Å²) in [6.07, 6.45) is 1.34. The number of nitrogens with zero attached hydrogens (tertiary/aromatic N) is 2. The Morgan fingerprint density at radius 2 is 2.05 bits per heavy atom. The molecule has 0 spiro atoms. The predicted octanol–water partition coefficient (Wildman–Crippen LogP) is 1.62. The lowest BCUT2D eigenvalue weighted by Crippen LogP contribution is -2.19. The van der Waals surface area contributed by atoms with Gasteiger partial charge < -0.3 is 14.4 Å². The zero-order valence-corrected chi connectivity index (χ0v) is 12.1. The normalized spacial score (nSPS) is 10.4. The van der Waals surface area contributed by atoms with Crippen molar-refractivity contribution in [1.82, 2.24) is 9.55 Å². The fourth-order valence-corrected chi connectivity index (χ4v) is 2.08. The smallest absolute Gasteiger partial charge is 0.341 e. The number of carbonyl (C=O) groups is 1. The van der Waals surface area contributed by atoms with Gasteiger partial charge in [-0.25, -0.2) is 4.79 Å². The van der Waals surface area contributed by atoms with E-state index in [1.165, 1.54) is 12.3 Å². The molecule has 6 nitrogen and oxygen atoms in total. The van der Waals surface area contributed by atoms with Crippen LogP contribution in [-0.2, 0) is 6.54 Å². The molecule has 2 rings (SSSR count). The summed E-state index contributed by atoms with van der Waals surface area (Å²) in [4.78, 5) is 27.0. The van der Waals surface area contributed by atoms with E-state index < -0.39 is 11.4 Å². The van der Waals surface area contributed by atoms with E-state index in [9.17, 15) is 9.59 Å². The van der Waals surface area contributed by atoms with E-state index in [0.717, 1.165) is 11.4 Å². The summed E-state index contributed by atoms with van der Waals surface area (Å²) in [6, 6.07) is 4.91. The summed E-state index contributed by atoms with van der Waals surface area (Å²) in [5.41, 5.74) is 1.47. The number of rotatable bonds is 4. The molecule has 0 aromatic carbocycles. The van der Waals surface area contributed by atoms with Crippen LogP contribution in [0.2, 0.25) is 0 Å². The first-order chi connectivity index (χ1) is 9.90. The molecule has 0 amide bonds. The second-order valence-electron chi connectivity index (χ2n) is 4.77. The lowest BCUT2D eigenvalue weighted by atomic mass is 10.2. The topological polar surface area (TPSA) is 81.4 Å². The van der Waals surface area contributed by atoms with Crippen molar-refractivity contribution < 1.29 is 14.6 Å². The van der Waals surface area contributed by atoms with Crippen LogP contribution in [0.15, 0.2) is 29.2 Å². The highest BCUT2D eigenvalue weighted by Crippen LogP contribution is 2.14. The van der Waals surface area contributed by atoms with Gasteiger partial charge in [0.25, 0.3) is 0 Å². The van der Waals surface area contributed by atoms with Crippen molar-refractivity contribution in [1.29, 1.82) is 0 Å². The molecule has 0 atom stereocenters. The highest BCUT2D eigenvalue weighted by Gasteiger charge is 2.11. The molecule has 0 saturated heterocycles. The number of methoxy groups -OCH3 is 1. The Morgan fingerprint density at radius 3 is 2.67 bits per heavy atom. The van der Waals surface area contributed by atoms with Crippen molar-refractivity contribution in [2.24, 2.45) is 0 Å². The van der Waals surface area contributed by atoms with Crippen LogP contribution in [0.25, 0.3) is 0 Å². The van der Waals surface area contributed by atoms with Gasteiger partial charge >= 0.3 is 5.97 Å². The van der Waals surface area contributed by atoms with Gasteiger partial charge in [-0.15, -0.1) is 0 Å². The average molecular weight is 288 g/mol. The van der Waals surface area contributed by atoms with Gasteiger partial charge in [0.2, 0.25) is 0 Å². The molecule has 2 aromatic heterocycles. The van der Waals surface area contributed by atoms with Crippen molar-refractivity contribution in [3.8, 4) is 5.75 Å². The minimum Gasteiger partial charge on any atom is -0.497 e. The van der Waals surface area contributed by atoms with Gasteiger partial charge in [-0.05, 0) is 13.8 Å². The fraction of sp³-hybridized carbons (Fsp3) is 0.267. The van der Waals surface area contributed by atoms with Crippen LogP contribution in [0.4, 0.5) is 0 Å². The Labute approximate surface area is 121 Å². The Kier molecular flexibility index (Phi) is 4.07. The fourth-order valence-electron chi connectivity index (χ4n) is 2.08. The largest absolute Gasteiger partial charge is 0.497 e. The molecule has 1 N–H and O–H groups in total. The molecule has 0 aliphatic rings. The summed E-state index contributed by atoms with van der Waals surface area (Å²) in [5, 5.41) is 9.02. The standard InChI is InChI=1S/C15H16N2O4/c1-9-4-12(21-3)6-11(16-9)7-17-8-13(15(19)20)14(18)5-10(17)2/h4-6,8H,7H2,1-3H3,(H,19,20). The van der Waals surface area contributed by atoms with E-state index in [4.69, 9.17) is 9.84 Å². The third-order valence-corrected chi connectivity index (χ3v) is 3.12. The van der Waals surface area contributed by atoms with Crippen molar-refractivity contribution in [2.75, 3.05) is 7.11 Å². The molecule has 2 heterocycles. The number of hydrogen-bond acceptors (Lipinski definition) is 4. The van der Waals surface area contributed by atoms with Gasteiger partial charge in [0.15, 0.2) is 5.43 Å². The average Bonchev–Trinajstić information content (AvgIpc) is 2.40. The summed E-state index contributed by atoms with van der Waals surface area (Å²) in [7, 11) is 1.58. The number of aryl methyl sites for hydroxylation is 2. The predicted molar refractivity (Wildman–Crippen MR) is 77.0 cm³/mol. The first-order valence-corrected chi connectivity index (χ1v) is 6.36. The molecule has 0 aliphatic carbocycles. The Bertz CT molecular complexity index is 750. The minimum absolute atomic E-state index is 0.250. The van der Waals surface area contributed by atoms with Gasteiger partial charge in [0, 0.05) is 35.8 Å². The maximum Gasteiger partial charge on any atom is 0.341 e. The van der Waals surface area contributed by atoms with E-state index >= 15 is 0 Å². The van der Waals surface area contributed by atoms with Crippen LogP contribution < -0.4 is 10.2 Å². The van der Waals surface area contributed by atoms with E-state index in [1.54, 1.807) is 24.7 Å². The number of aromatic nitrogens is 2. The molecular weight excluding hydrogens is 272 g/mol. The molecule has 0 fully saturated rings. The molecule has 6 heteroatoms. The monoisotopic (exact) mass is 288 g/mol. The van der Waals surface area contributed by atoms with Crippen molar-refractivity contribution >= 4 is 5.97 Å². The first-order valence-electron chi connectivity index (χ1n) is 6.36. The maximum absolute atomic E-state index is 11.6. The van der Waals surface area contributed by atoms with Crippen molar-refractivity contribution in [2.45, 2.75) is 20.4 Å². The van der Waals surface area contributed by atoms with Crippen molar-refractivity contribution in [3.05, 3.63) is 57.3 Å². The second-order valence-corrected chi connectivity index (χ2v) is 4.77. The lowest BCUT2D eigenvalue weighted by Gasteiger charge is -2.12. The van der Waals surface area contributed by atoms with Crippen LogP contribution in [-0.4, -0.2) is 27.7 Å². The third-order valence-electron chi connectivity index (χ3n) is 3.12. The van der Waals surface area contributed by atoms with Gasteiger partial charge in [0.05, 0.1) is 19.3 Å². The van der Waals surface area contributed by atoms with Gasteiger partial charge in [-0.3, -0.25) is 9.78 Å². The summed E-state index contributed by atoms with van der Waals surface area (Å²) in [5.74, 6) is -0.543. The third kappa shape index (κ3) is 3.28. The van der Waals surface area contributed by atoms with E-state index in [0.29, 0.717) is 18.0 Å². The molecule has 110 valence electrons. The van der Waals surface area contributed by atoms with Crippen LogP contribution in [0, 0.1) is 13.8 Å². The van der Waals surface area contributed by atoms with Crippen LogP contribution in [0.1, 0.15) is 27.4 Å². The highest BCUT2D eigenvalue weighted by molar-refractivity contribution is 5.87.